The van der Waals surface area contributed by atoms with Crippen LogP contribution in [0.25, 0.3) is 0 Å². The first-order valence-electron chi connectivity index (χ1n) is 5.37. The third-order valence-electron chi connectivity index (χ3n) is 3.39. The fourth-order valence-corrected chi connectivity index (χ4v) is 2.25. The van der Waals surface area contributed by atoms with E-state index in [0.717, 1.165) is 12.8 Å². The Hall–Kier alpha value is -0.300. The molecular formula is C12H22O. The standard InChI is InChI=1S/C12H22O/c1-10(2)6-7-11(13)12(3)8-4-5-9-12/h11,13H,1,4-9H2,2-3H3. The molecule has 1 aliphatic carbocycles. The molecule has 76 valence electrons. The van der Waals surface area contributed by atoms with E-state index in [1.165, 1.54) is 31.3 Å². The van der Waals surface area contributed by atoms with E-state index in [4.69, 9.17) is 0 Å². The van der Waals surface area contributed by atoms with Gasteiger partial charge in [0.25, 0.3) is 0 Å². The molecule has 1 heteroatoms. The van der Waals surface area contributed by atoms with Crippen LogP contribution in [0, 0.1) is 5.41 Å². The van der Waals surface area contributed by atoms with Gasteiger partial charge in [0.15, 0.2) is 0 Å². The molecule has 1 rings (SSSR count). The van der Waals surface area contributed by atoms with Gasteiger partial charge in [-0.05, 0) is 38.0 Å². The Labute approximate surface area is 81.9 Å². The van der Waals surface area contributed by atoms with Crippen LogP contribution < -0.4 is 0 Å². The highest BCUT2D eigenvalue weighted by atomic mass is 16.3. The van der Waals surface area contributed by atoms with Crippen LogP contribution in [0.1, 0.15) is 52.4 Å². The second-order valence-corrected chi connectivity index (χ2v) is 4.87. The number of rotatable bonds is 4. The highest BCUT2D eigenvalue weighted by molar-refractivity contribution is 4.92. The van der Waals surface area contributed by atoms with Gasteiger partial charge in [0.1, 0.15) is 0 Å². The zero-order valence-corrected chi connectivity index (χ0v) is 8.97. The van der Waals surface area contributed by atoms with Crippen LogP contribution in [0.4, 0.5) is 0 Å². The van der Waals surface area contributed by atoms with Crippen LogP contribution in [0.3, 0.4) is 0 Å². The van der Waals surface area contributed by atoms with Crippen molar-refractivity contribution in [2.45, 2.75) is 58.5 Å². The average molecular weight is 182 g/mol. The van der Waals surface area contributed by atoms with Gasteiger partial charge in [-0.15, -0.1) is 6.58 Å². The Kier molecular flexibility index (Phi) is 3.55. The molecule has 0 saturated heterocycles. The number of aliphatic hydroxyl groups is 1. The van der Waals surface area contributed by atoms with Crippen molar-refractivity contribution in [3.8, 4) is 0 Å². The van der Waals surface area contributed by atoms with Crippen molar-refractivity contribution in [1.29, 1.82) is 0 Å². The Balaban J connectivity index is 2.37. The van der Waals surface area contributed by atoms with E-state index in [1.54, 1.807) is 0 Å². The van der Waals surface area contributed by atoms with Crippen molar-refractivity contribution in [2.75, 3.05) is 0 Å². The summed E-state index contributed by atoms with van der Waals surface area (Å²) in [5.41, 5.74) is 1.38. The molecule has 1 saturated carbocycles. The van der Waals surface area contributed by atoms with Gasteiger partial charge in [0, 0.05) is 0 Å². The van der Waals surface area contributed by atoms with Gasteiger partial charge in [-0.3, -0.25) is 0 Å². The molecule has 0 spiro atoms. The van der Waals surface area contributed by atoms with Crippen molar-refractivity contribution in [1.82, 2.24) is 0 Å². The highest BCUT2D eigenvalue weighted by Crippen LogP contribution is 2.41. The summed E-state index contributed by atoms with van der Waals surface area (Å²) < 4.78 is 0. The maximum Gasteiger partial charge on any atom is 0.0596 e. The van der Waals surface area contributed by atoms with Crippen LogP contribution >= 0.6 is 0 Å². The van der Waals surface area contributed by atoms with Gasteiger partial charge in [-0.25, -0.2) is 0 Å². The van der Waals surface area contributed by atoms with Gasteiger partial charge >= 0.3 is 0 Å². The largest absolute Gasteiger partial charge is 0.393 e. The molecule has 13 heavy (non-hydrogen) atoms. The van der Waals surface area contributed by atoms with Crippen LogP contribution in [0.15, 0.2) is 12.2 Å². The second-order valence-electron chi connectivity index (χ2n) is 4.87. The quantitative estimate of drug-likeness (QED) is 0.661. The lowest BCUT2D eigenvalue weighted by Gasteiger charge is -2.30. The number of hydrogen-bond donors (Lipinski definition) is 1. The lowest BCUT2D eigenvalue weighted by molar-refractivity contribution is 0.0354. The summed E-state index contributed by atoms with van der Waals surface area (Å²) in [6.07, 6.45) is 6.73. The van der Waals surface area contributed by atoms with Gasteiger partial charge in [-0.1, -0.05) is 25.3 Å². The molecule has 0 aromatic rings. The summed E-state index contributed by atoms with van der Waals surface area (Å²) in [6, 6.07) is 0. The van der Waals surface area contributed by atoms with Crippen molar-refractivity contribution in [3.05, 3.63) is 12.2 Å². The predicted molar refractivity (Wildman–Crippen MR) is 56.6 cm³/mol. The molecule has 0 aliphatic heterocycles. The SMILES string of the molecule is C=C(C)CCC(O)C1(C)CCCC1. The zero-order valence-electron chi connectivity index (χ0n) is 8.97. The molecule has 1 nitrogen and oxygen atoms in total. The molecule has 1 atom stereocenters. The second kappa shape index (κ2) is 4.28. The fraction of sp³-hybridized carbons (Fsp3) is 0.833. The monoisotopic (exact) mass is 182 g/mol. The molecule has 0 aromatic carbocycles. The van der Waals surface area contributed by atoms with Crippen molar-refractivity contribution < 1.29 is 5.11 Å². The first kappa shape index (κ1) is 10.8. The summed E-state index contributed by atoms with van der Waals surface area (Å²) in [6.45, 7) is 8.12. The van der Waals surface area contributed by atoms with Gasteiger partial charge in [0.05, 0.1) is 6.10 Å². The lowest BCUT2D eigenvalue weighted by Crippen LogP contribution is -2.29. The van der Waals surface area contributed by atoms with E-state index in [1.807, 2.05) is 6.92 Å². The third-order valence-corrected chi connectivity index (χ3v) is 3.39. The molecule has 0 radical (unpaired) electrons. The third kappa shape index (κ3) is 2.84. The van der Waals surface area contributed by atoms with E-state index in [9.17, 15) is 5.11 Å². The summed E-state index contributed by atoms with van der Waals surface area (Å²) in [4.78, 5) is 0. The molecule has 0 bridgehead atoms. The van der Waals surface area contributed by atoms with E-state index in [0.29, 0.717) is 0 Å². The summed E-state index contributed by atoms with van der Waals surface area (Å²) >= 11 is 0. The minimum absolute atomic E-state index is 0.119. The molecule has 1 aliphatic rings. The van der Waals surface area contributed by atoms with Gasteiger partial charge < -0.3 is 5.11 Å². The van der Waals surface area contributed by atoms with Crippen molar-refractivity contribution in [3.63, 3.8) is 0 Å². The topological polar surface area (TPSA) is 20.2 Å². The van der Waals surface area contributed by atoms with Crippen LogP contribution in [0.2, 0.25) is 0 Å². The maximum absolute atomic E-state index is 10.0. The first-order valence-corrected chi connectivity index (χ1v) is 5.37. The summed E-state index contributed by atoms with van der Waals surface area (Å²) in [5.74, 6) is 0. The molecular weight excluding hydrogens is 160 g/mol. The minimum Gasteiger partial charge on any atom is -0.393 e. The Morgan fingerprint density at radius 2 is 2.00 bits per heavy atom. The summed E-state index contributed by atoms with van der Waals surface area (Å²) in [7, 11) is 0. The number of aliphatic hydroxyl groups excluding tert-OH is 1. The summed E-state index contributed by atoms with van der Waals surface area (Å²) in [5, 5.41) is 10.0. The van der Waals surface area contributed by atoms with E-state index in [-0.39, 0.29) is 11.5 Å². The zero-order chi connectivity index (χ0) is 9.90. The highest BCUT2D eigenvalue weighted by Gasteiger charge is 2.35. The van der Waals surface area contributed by atoms with Crippen LogP contribution in [0.5, 0.6) is 0 Å². The van der Waals surface area contributed by atoms with E-state index >= 15 is 0 Å². The van der Waals surface area contributed by atoms with Crippen LogP contribution in [-0.4, -0.2) is 11.2 Å². The van der Waals surface area contributed by atoms with E-state index < -0.39 is 0 Å². The Bertz CT molecular complexity index is 178. The van der Waals surface area contributed by atoms with Crippen molar-refractivity contribution >= 4 is 0 Å². The maximum atomic E-state index is 10.0. The number of allylic oxidation sites excluding steroid dienone is 1. The number of hydrogen-bond acceptors (Lipinski definition) is 1. The first-order chi connectivity index (χ1) is 6.04. The molecule has 0 amide bonds. The lowest BCUT2D eigenvalue weighted by atomic mass is 9.80. The van der Waals surface area contributed by atoms with Gasteiger partial charge in [-0.2, -0.15) is 0 Å². The Morgan fingerprint density at radius 1 is 1.46 bits per heavy atom. The molecule has 1 unspecified atom stereocenters. The molecule has 0 aromatic heterocycles. The predicted octanol–water partition coefficient (Wildman–Crippen LogP) is 3.28. The molecule has 0 heterocycles. The minimum atomic E-state index is -0.119. The fourth-order valence-electron chi connectivity index (χ4n) is 2.25. The normalized spacial score (nSPS) is 23.0. The Morgan fingerprint density at radius 3 is 2.46 bits per heavy atom. The smallest absolute Gasteiger partial charge is 0.0596 e. The molecule has 1 N–H and O–H groups in total. The average Bonchev–Trinajstić information content (AvgIpc) is 2.49. The van der Waals surface area contributed by atoms with Crippen molar-refractivity contribution in [2.24, 2.45) is 5.41 Å². The van der Waals surface area contributed by atoms with Crippen LogP contribution in [-0.2, 0) is 0 Å². The van der Waals surface area contributed by atoms with Gasteiger partial charge in [0.2, 0.25) is 0 Å². The van der Waals surface area contributed by atoms with E-state index in [2.05, 4.69) is 13.5 Å². The molecule has 1 fully saturated rings.